The average molecular weight is 248 g/mol. The summed E-state index contributed by atoms with van der Waals surface area (Å²) in [7, 11) is 0. The number of aromatic amines is 1. The van der Waals surface area contributed by atoms with Gasteiger partial charge in [0.1, 0.15) is 5.82 Å². The van der Waals surface area contributed by atoms with Crippen molar-refractivity contribution >= 4 is 11.8 Å². The van der Waals surface area contributed by atoms with E-state index < -0.39 is 0 Å². The molecule has 1 N–H and O–H groups in total. The van der Waals surface area contributed by atoms with Crippen molar-refractivity contribution in [3.63, 3.8) is 0 Å². The number of H-pyrrole nitrogens is 1. The van der Waals surface area contributed by atoms with Crippen LogP contribution < -0.4 is 5.56 Å². The normalized spacial score (nSPS) is 13.7. The van der Waals surface area contributed by atoms with Gasteiger partial charge in [0.2, 0.25) is 0 Å². The van der Waals surface area contributed by atoms with Crippen molar-refractivity contribution in [3.05, 3.63) is 46.0 Å². The number of aryl methyl sites for hydroxylation is 1. The largest absolute Gasteiger partial charge is 0.268 e. The smallest absolute Gasteiger partial charge is 0.264 e. The maximum Gasteiger partial charge on any atom is 0.264 e. The molecule has 1 aliphatic rings. The first kappa shape index (κ1) is 10.5. The number of fused-ring (bicyclic) bond motifs is 3. The lowest BCUT2D eigenvalue weighted by atomic mass is 10.1. The average Bonchev–Trinajstić information content (AvgIpc) is 2.47. The Morgan fingerprint density at radius 3 is 3.12 bits per heavy atom. The summed E-state index contributed by atoms with van der Waals surface area (Å²) >= 11 is 1.66. The number of hydrogen-bond acceptors (Lipinski definition) is 3. The van der Waals surface area contributed by atoms with Crippen LogP contribution in [0.1, 0.15) is 5.56 Å². The molecule has 0 saturated carbocycles. The number of thioether (sulfide) groups is 1. The molecule has 1 aromatic heterocycles. The Bertz CT molecular complexity index is 639. The third-order valence-corrected chi connectivity index (χ3v) is 3.79. The molecule has 0 atom stereocenters. The molecule has 0 bridgehead atoms. The molecule has 17 heavy (non-hydrogen) atoms. The summed E-state index contributed by atoms with van der Waals surface area (Å²) < 4.78 is 13.3. The van der Waals surface area contributed by atoms with Crippen molar-refractivity contribution in [3.8, 4) is 11.3 Å². The highest BCUT2D eigenvalue weighted by molar-refractivity contribution is 7.99. The Kier molecular flexibility index (Phi) is 2.48. The van der Waals surface area contributed by atoms with E-state index in [1.165, 1.54) is 12.1 Å². The van der Waals surface area contributed by atoms with Crippen LogP contribution in [-0.2, 0) is 6.42 Å². The van der Waals surface area contributed by atoms with Crippen LogP contribution in [-0.4, -0.2) is 16.0 Å². The minimum Gasteiger partial charge on any atom is -0.268 e. The predicted octanol–water partition coefficient (Wildman–Crippen LogP) is 2.22. The molecule has 0 fully saturated rings. The van der Waals surface area contributed by atoms with Gasteiger partial charge in [-0.2, -0.15) is 5.10 Å². The summed E-state index contributed by atoms with van der Waals surface area (Å²) in [4.78, 5) is 12.2. The van der Waals surface area contributed by atoms with E-state index in [1.54, 1.807) is 23.9 Å². The summed E-state index contributed by atoms with van der Waals surface area (Å²) in [5, 5.41) is 6.45. The second-order valence-electron chi connectivity index (χ2n) is 3.84. The molecule has 0 aliphatic carbocycles. The fourth-order valence-electron chi connectivity index (χ4n) is 1.95. The maximum absolute atomic E-state index is 13.3. The van der Waals surface area contributed by atoms with Gasteiger partial charge in [0.05, 0.1) is 5.69 Å². The number of hydrogen-bond donors (Lipinski definition) is 1. The van der Waals surface area contributed by atoms with E-state index in [0.717, 1.165) is 28.2 Å². The Labute approximate surface area is 101 Å². The second-order valence-corrected chi connectivity index (χ2v) is 4.98. The van der Waals surface area contributed by atoms with E-state index >= 15 is 0 Å². The van der Waals surface area contributed by atoms with E-state index in [2.05, 4.69) is 10.2 Å². The summed E-state index contributed by atoms with van der Waals surface area (Å²) in [6.07, 6.45) is 0.771. The van der Waals surface area contributed by atoms with Crippen LogP contribution in [0.25, 0.3) is 11.3 Å². The van der Waals surface area contributed by atoms with E-state index in [4.69, 9.17) is 0 Å². The van der Waals surface area contributed by atoms with Gasteiger partial charge in [0.15, 0.2) is 0 Å². The highest BCUT2D eigenvalue weighted by Gasteiger charge is 2.17. The summed E-state index contributed by atoms with van der Waals surface area (Å²) in [5.41, 5.74) is 2.11. The van der Waals surface area contributed by atoms with Gasteiger partial charge in [0, 0.05) is 22.3 Å². The molecule has 2 aromatic rings. The molecule has 0 saturated heterocycles. The zero-order valence-electron chi connectivity index (χ0n) is 8.87. The molecule has 3 nitrogen and oxygen atoms in total. The fraction of sp³-hybridized carbons (Fsp3) is 0.167. The van der Waals surface area contributed by atoms with Gasteiger partial charge in [-0.25, -0.2) is 9.49 Å². The number of aromatic nitrogens is 2. The SMILES string of the molecule is O=c1cc2c(n[nH]1)-c1cc(F)ccc1SCC2. The molecule has 0 amide bonds. The van der Waals surface area contributed by atoms with Crippen LogP contribution in [0.3, 0.4) is 0 Å². The van der Waals surface area contributed by atoms with Crippen molar-refractivity contribution in [2.45, 2.75) is 11.3 Å². The van der Waals surface area contributed by atoms with E-state index in [9.17, 15) is 9.18 Å². The van der Waals surface area contributed by atoms with Crippen LogP contribution in [0.15, 0.2) is 34.0 Å². The molecule has 0 radical (unpaired) electrons. The fourth-order valence-corrected chi connectivity index (χ4v) is 2.97. The molecule has 0 spiro atoms. The monoisotopic (exact) mass is 248 g/mol. The number of halogens is 1. The van der Waals surface area contributed by atoms with E-state index in [1.807, 2.05) is 0 Å². The van der Waals surface area contributed by atoms with Gasteiger partial charge < -0.3 is 0 Å². The van der Waals surface area contributed by atoms with Crippen LogP contribution in [0.4, 0.5) is 4.39 Å². The van der Waals surface area contributed by atoms with Crippen molar-refractivity contribution in [2.75, 3.05) is 5.75 Å². The Balaban J connectivity index is 2.30. The number of rotatable bonds is 0. The maximum atomic E-state index is 13.3. The highest BCUT2D eigenvalue weighted by Crippen LogP contribution is 2.35. The molecular weight excluding hydrogens is 239 g/mol. The standard InChI is InChI=1S/C12H9FN2OS/c13-8-1-2-10-9(6-8)12-7(3-4-17-10)5-11(16)14-15-12/h1-2,5-6H,3-4H2,(H,14,16). The number of nitrogens with zero attached hydrogens (tertiary/aromatic N) is 1. The van der Waals surface area contributed by atoms with Crippen molar-refractivity contribution in [1.82, 2.24) is 10.2 Å². The second kappa shape index (κ2) is 4.00. The van der Waals surface area contributed by atoms with E-state index in [0.29, 0.717) is 5.69 Å². The van der Waals surface area contributed by atoms with Crippen LogP contribution >= 0.6 is 11.8 Å². The van der Waals surface area contributed by atoms with Crippen LogP contribution in [0.2, 0.25) is 0 Å². The minimum atomic E-state index is -0.287. The quantitative estimate of drug-likeness (QED) is 0.777. The molecule has 1 aliphatic heterocycles. The molecule has 3 rings (SSSR count). The summed E-state index contributed by atoms with van der Waals surface area (Å²) in [6, 6.07) is 6.22. The summed E-state index contributed by atoms with van der Waals surface area (Å²) in [5.74, 6) is 0.585. The number of nitrogens with one attached hydrogen (secondary N) is 1. The molecule has 2 heterocycles. The third-order valence-electron chi connectivity index (χ3n) is 2.71. The van der Waals surface area contributed by atoms with E-state index in [-0.39, 0.29) is 11.4 Å². The Morgan fingerprint density at radius 2 is 2.24 bits per heavy atom. The minimum absolute atomic E-state index is 0.214. The van der Waals surface area contributed by atoms with Crippen LogP contribution in [0.5, 0.6) is 0 Å². The van der Waals surface area contributed by atoms with Gasteiger partial charge in [-0.15, -0.1) is 11.8 Å². The lowest BCUT2D eigenvalue weighted by Crippen LogP contribution is -2.10. The first-order valence-electron chi connectivity index (χ1n) is 5.25. The topological polar surface area (TPSA) is 45.8 Å². The molecule has 0 unspecified atom stereocenters. The van der Waals surface area contributed by atoms with Gasteiger partial charge in [0.25, 0.3) is 5.56 Å². The van der Waals surface area contributed by atoms with Crippen LogP contribution in [0, 0.1) is 5.82 Å². The zero-order valence-corrected chi connectivity index (χ0v) is 9.68. The first-order chi connectivity index (χ1) is 8.24. The predicted molar refractivity (Wildman–Crippen MR) is 64.7 cm³/mol. The van der Waals surface area contributed by atoms with Gasteiger partial charge in [-0.3, -0.25) is 4.79 Å². The van der Waals surface area contributed by atoms with Gasteiger partial charge in [-0.05, 0) is 30.2 Å². The lowest BCUT2D eigenvalue weighted by molar-refractivity contribution is 0.627. The third kappa shape index (κ3) is 1.86. The molecule has 1 aromatic carbocycles. The van der Waals surface area contributed by atoms with Crippen molar-refractivity contribution in [2.24, 2.45) is 0 Å². The Hall–Kier alpha value is -1.62. The molecule has 86 valence electrons. The van der Waals surface area contributed by atoms with Gasteiger partial charge in [-0.1, -0.05) is 0 Å². The van der Waals surface area contributed by atoms with Gasteiger partial charge >= 0.3 is 0 Å². The summed E-state index contributed by atoms with van der Waals surface area (Å²) in [6.45, 7) is 0. The highest BCUT2D eigenvalue weighted by atomic mass is 32.2. The first-order valence-corrected chi connectivity index (χ1v) is 6.24. The zero-order chi connectivity index (χ0) is 11.8. The lowest BCUT2D eigenvalue weighted by Gasteiger charge is -2.06. The van der Waals surface area contributed by atoms with Crippen molar-refractivity contribution in [1.29, 1.82) is 0 Å². The Morgan fingerprint density at radius 1 is 1.35 bits per heavy atom. The van der Waals surface area contributed by atoms with Crippen molar-refractivity contribution < 1.29 is 4.39 Å². The molecular formula is C12H9FN2OS. The molecule has 5 heteroatoms. The number of benzene rings is 1.